The molecule has 0 spiro atoms. The molecule has 0 N–H and O–H groups in total. The maximum atomic E-state index is 13.4. The molecule has 0 aliphatic carbocycles. The predicted octanol–water partition coefficient (Wildman–Crippen LogP) is 4.69. The fourth-order valence-corrected chi connectivity index (χ4v) is 2.07. The highest BCUT2D eigenvalue weighted by molar-refractivity contribution is 6.30. The van der Waals surface area contributed by atoms with Crippen molar-refractivity contribution in [2.75, 3.05) is 0 Å². The van der Waals surface area contributed by atoms with Gasteiger partial charge in [0, 0.05) is 17.5 Å². The molecular weight excluding hydrogens is 291 g/mol. The number of hydrogen-bond donors (Lipinski definition) is 0. The second kappa shape index (κ2) is 5.39. The molecule has 3 rings (SSSR count). The molecule has 0 saturated heterocycles. The summed E-state index contributed by atoms with van der Waals surface area (Å²) in [5.74, 6) is -0.0778. The summed E-state index contributed by atoms with van der Waals surface area (Å²) in [4.78, 5) is 4.30. The SMILES string of the molecule is N#Cc1cc(Oc2ccc(Cl)c(F)c2)nc2ccccc12. The van der Waals surface area contributed by atoms with Gasteiger partial charge in [-0.25, -0.2) is 9.37 Å². The Hall–Kier alpha value is -2.64. The topological polar surface area (TPSA) is 45.9 Å². The third kappa shape index (κ3) is 2.64. The number of aromatic nitrogens is 1. The van der Waals surface area contributed by atoms with Crippen LogP contribution in [0, 0.1) is 17.1 Å². The van der Waals surface area contributed by atoms with E-state index in [-0.39, 0.29) is 16.7 Å². The average molecular weight is 299 g/mol. The van der Waals surface area contributed by atoms with Crippen LogP contribution in [-0.4, -0.2) is 4.98 Å². The molecule has 3 nitrogen and oxygen atoms in total. The first-order chi connectivity index (χ1) is 10.2. The molecule has 0 aliphatic rings. The highest BCUT2D eigenvalue weighted by Gasteiger charge is 2.08. The zero-order valence-electron chi connectivity index (χ0n) is 10.7. The third-order valence-electron chi connectivity index (χ3n) is 2.93. The lowest BCUT2D eigenvalue weighted by Gasteiger charge is -2.07. The van der Waals surface area contributed by atoms with Gasteiger partial charge in [-0.15, -0.1) is 0 Å². The van der Waals surface area contributed by atoms with Crippen LogP contribution in [0.1, 0.15) is 5.56 Å². The number of nitrogens with zero attached hydrogens (tertiary/aromatic N) is 2. The van der Waals surface area contributed by atoms with Crippen molar-refractivity contribution >= 4 is 22.5 Å². The van der Waals surface area contributed by atoms with E-state index >= 15 is 0 Å². The van der Waals surface area contributed by atoms with Crippen molar-refractivity contribution in [2.24, 2.45) is 0 Å². The normalized spacial score (nSPS) is 10.3. The number of rotatable bonds is 2. The summed E-state index contributed by atoms with van der Waals surface area (Å²) in [6.45, 7) is 0. The van der Waals surface area contributed by atoms with Crippen LogP contribution in [0.15, 0.2) is 48.5 Å². The number of pyridine rings is 1. The van der Waals surface area contributed by atoms with Crippen molar-refractivity contribution in [3.8, 4) is 17.7 Å². The molecule has 102 valence electrons. The summed E-state index contributed by atoms with van der Waals surface area (Å²) in [5.41, 5.74) is 1.09. The monoisotopic (exact) mass is 298 g/mol. The molecule has 0 radical (unpaired) electrons. The highest BCUT2D eigenvalue weighted by Crippen LogP contribution is 2.27. The molecule has 3 aromatic rings. The Kier molecular flexibility index (Phi) is 3.43. The summed E-state index contributed by atoms with van der Waals surface area (Å²) in [6, 6.07) is 15.0. The van der Waals surface area contributed by atoms with Gasteiger partial charge in [-0.2, -0.15) is 5.26 Å². The van der Waals surface area contributed by atoms with E-state index in [1.54, 1.807) is 6.07 Å². The van der Waals surface area contributed by atoms with Gasteiger partial charge in [-0.3, -0.25) is 0 Å². The van der Waals surface area contributed by atoms with Gasteiger partial charge in [0.25, 0.3) is 0 Å². The van der Waals surface area contributed by atoms with Crippen molar-refractivity contribution in [2.45, 2.75) is 0 Å². The lowest BCUT2D eigenvalue weighted by molar-refractivity contribution is 0.460. The number of ether oxygens (including phenoxy) is 1. The maximum absolute atomic E-state index is 13.4. The minimum absolute atomic E-state index is 0.0199. The Morgan fingerprint density at radius 3 is 2.71 bits per heavy atom. The third-order valence-corrected chi connectivity index (χ3v) is 3.23. The van der Waals surface area contributed by atoms with Crippen molar-refractivity contribution in [3.63, 3.8) is 0 Å². The zero-order valence-corrected chi connectivity index (χ0v) is 11.4. The molecule has 0 saturated carbocycles. The van der Waals surface area contributed by atoms with E-state index in [4.69, 9.17) is 16.3 Å². The Bertz CT molecular complexity index is 874. The molecule has 0 bridgehead atoms. The summed E-state index contributed by atoms with van der Waals surface area (Å²) in [6.07, 6.45) is 0. The molecule has 1 heterocycles. The summed E-state index contributed by atoms with van der Waals surface area (Å²) in [5, 5.41) is 9.96. The van der Waals surface area contributed by atoms with Crippen LogP contribution in [0.2, 0.25) is 5.02 Å². The first-order valence-electron chi connectivity index (χ1n) is 6.10. The summed E-state index contributed by atoms with van der Waals surface area (Å²) in [7, 11) is 0. The number of benzene rings is 2. The molecule has 0 aliphatic heterocycles. The van der Waals surface area contributed by atoms with Crippen LogP contribution in [-0.2, 0) is 0 Å². The van der Waals surface area contributed by atoms with E-state index in [1.165, 1.54) is 24.3 Å². The van der Waals surface area contributed by atoms with Crippen LogP contribution in [0.25, 0.3) is 10.9 Å². The molecule has 0 amide bonds. The molecule has 5 heteroatoms. The molecule has 0 fully saturated rings. The lowest BCUT2D eigenvalue weighted by Crippen LogP contribution is -1.92. The Balaban J connectivity index is 2.04. The summed E-state index contributed by atoms with van der Waals surface area (Å²) >= 11 is 5.62. The standard InChI is InChI=1S/C16H8ClFN2O/c17-13-6-5-11(8-14(13)18)21-16-7-10(9-19)12-3-1-2-4-15(12)20-16/h1-8H. The van der Waals surface area contributed by atoms with Gasteiger partial charge in [0.2, 0.25) is 5.88 Å². The molecule has 0 unspecified atom stereocenters. The number of fused-ring (bicyclic) bond motifs is 1. The first kappa shape index (κ1) is 13.3. The van der Waals surface area contributed by atoms with E-state index in [2.05, 4.69) is 11.1 Å². The number of nitriles is 1. The van der Waals surface area contributed by atoms with Crippen LogP contribution in [0.3, 0.4) is 0 Å². The second-order valence-electron chi connectivity index (χ2n) is 4.31. The van der Waals surface area contributed by atoms with E-state index in [0.29, 0.717) is 11.1 Å². The van der Waals surface area contributed by atoms with Gasteiger partial charge >= 0.3 is 0 Å². The van der Waals surface area contributed by atoms with Crippen molar-refractivity contribution < 1.29 is 9.13 Å². The first-order valence-corrected chi connectivity index (χ1v) is 6.48. The molecule has 1 aromatic heterocycles. The number of halogens is 2. The van der Waals surface area contributed by atoms with E-state index in [0.717, 1.165) is 5.39 Å². The maximum Gasteiger partial charge on any atom is 0.221 e. The average Bonchev–Trinajstić information content (AvgIpc) is 2.50. The fourth-order valence-electron chi connectivity index (χ4n) is 1.96. The number of hydrogen-bond acceptors (Lipinski definition) is 3. The minimum Gasteiger partial charge on any atom is -0.439 e. The lowest BCUT2D eigenvalue weighted by atomic mass is 10.1. The molecular formula is C16H8ClFN2O. The molecule has 2 aromatic carbocycles. The largest absolute Gasteiger partial charge is 0.439 e. The van der Waals surface area contributed by atoms with Gasteiger partial charge in [0.05, 0.1) is 16.1 Å². The smallest absolute Gasteiger partial charge is 0.221 e. The highest BCUT2D eigenvalue weighted by atomic mass is 35.5. The quantitative estimate of drug-likeness (QED) is 0.689. The van der Waals surface area contributed by atoms with Gasteiger partial charge in [0.15, 0.2) is 0 Å². The molecule has 0 atom stereocenters. The van der Waals surface area contributed by atoms with Crippen LogP contribution >= 0.6 is 11.6 Å². The zero-order chi connectivity index (χ0) is 14.8. The Morgan fingerprint density at radius 2 is 1.95 bits per heavy atom. The van der Waals surface area contributed by atoms with E-state index in [1.807, 2.05) is 18.2 Å². The van der Waals surface area contributed by atoms with Gasteiger partial charge in [-0.05, 0) is 18.2 Å². The Morgan fingerprint density at radius 1 is 1.14 bits per heavy atom. The van der Waals surface area contributed by atoms with Gasteiger partial charge in [0.1, 0.15) is 17.6 Å². The number of para-hydroxylation sites is 1. The summed E-state index contributed by atoms with van der Waals surface area (Å²) < 4.78 is 18.9. The minimum atomic E-state index is -0.574. The van der Waals surface area contributed by atoms with Crippen molar-refractivity contribution in [3.05, 3.63) is 64.9 Å². The van der Waals surface area contributed by atoms with E-state index < -0.39 is 5.82 Å². The predicted molar refractivity (Wildman–Crippen MR) is 77.9 cm³/mol. The van der Waals surface area contributed by atoms with Crippen LogP contribution < -0.4 is 4.74 Å². The second-order valence-corrected chi connectivity index (χ2v) is 4.72. The van der Waals surface area contributed by atoms with Crippen molar-refractivity contribution in [1.82, 2.24) is 4.98 Å². The van der Waals surface area contributed by atoms with E-state index in [9.17, 15) is 9.65 Å². The Labute approximate surface area is 125 Å². The van der Waals surface area contributed by atoms with Crippen molar-refractivity contribution in [1.29, 1.82) is 5.26 Å². The molecule has 21 heavy (non-hydrogen) atoms. The van der Waals surface area contributed by atoms with Gasteiger partial charge < -0.3 is 4.74 Å². The van der Waals surface area contributed by atoms with Gasteiger partial charge in [-0.1, -0.05) is 29.8 Å². The van der Waals surface area contributed by atoms with Crippen LogP contribution in [0.5, 0.6) is 11.6 Å². The fraction of sp³-hybridized carbons (Fsp3) is 0. The van der Waals surface area contributed by atoms with Crippen LogP contribution in [0.4, 0.5) is 4.39 Å².